The summed E-state index contributed by atoms with van der Waals surface area (Å²) in [6, 6.07) is 4.86. The normalized spacial score (nSPS) is 11.9. The Kier molecular flexibility index (Phi) is 3.09. The highest BCUT2D eigenvalue weighted by Crippen LogP contribution is 2.16. The molecule has 2 aromatic rings. The highest BCUT2D eigenvalue weighted by Gasteiger charge is 2.13. The third-order valence-corrected chi connectivity index (χ3v) is 2.75. The van der Waals surface area contributed by atoms with Gasteiger partial charge in [0.15, 0.2) is 0 Å². The number of rotatable bonds is 4. The lowest BCUT2D eigenvalue weighted by Crippen LogP contribution is -2.21. The summed E-state index contributed by atoms with van der Waals surface area (Å²) in [4.78, 5) is 10.8. The number of aryl methyl sites for hydroxylation is 1. The molecule has 0 aliphatic rings. The van der Waals surface area contributed by atoms with Crippen molar-refractivity contribution in [3.05, 3.63) is 30.0 Å². The van der Waals surface area contributed by atoms with Gasteiger partial charge < -0.3 is 10.2 Å². The van der Waals surface area contributed by atoms with Gasteiger partial charge in [-0.25, -0.2) is 4.79 Å². The summed E-state index contributed by atoms with van der Waals surface area (Å²) in [5, 5.41) is 23.7. The summed E-state index contributed by atoms with van der Waals surface area (Å²) in [5.74, 6) is -0.956. The van der Waals surface area contributed by atoms with E-state index >= 15 is 0 Å². The Morgan fingerprint density at radius 1 is 1.44 bits per heavy atom. The second kappa shape index (κ2) is 4.42. The van der Waals surface area contributed by atoms with Gasteiger partial charge in [-0.1, -0.05) is 6.07 Å². The molecule has 0 unspecified atom stereocenters. The zero-order valence-electron chi connectivity index (χ0n) is 10.4. The standard InChI is InChI=1S/C13H16N2O3/c1-13(2,18)5-6-15-8-10-4-3-9(12(16)17)7-11(10)14-15/h3-4,7-8,18H,5-6H2,1-2H3,(H,16,17). The number of aliphatic hydroxyl groups is 1. The van der Waals surface area contributed by atoms with E-state index in [0.717, 1.165) is 5.39 Å². The number of aromatic carboxylic acids is 1. The number of fused-ring (bicyclic) bond motifs is 1. The van der Waals surface area contributed by atoms with E-state index < -0.39 is 11.6 Å². The van der Waals surface area contributed by atoms with Crippen LogP contribution in [0.15, 0.2) is 24.4 Å². The summed E-state index contributed by atoms with van der Waals surface area (Å²) in [6.07, 6.45) is 2.44. The van der Waals surface area contributed by atoms with Gasteiger partial charge in [0.05, 0.1) is 16.7 Å². The number of carboxylic acid groups (broad SMARTS) is 1. The van der Waals surface area contributed by atoms with Gasteiger partial charge in [0.2, 0.25) is 0 Å². The molecule has 1 aromatic carbocycles. The Balaban J connectivity index is 2.24. The van der Waals surface area contributed by atoms with Crippen LogP contribution in [0, 0.1) is 0 Å². The minimum absolute atomic E-state index is 0.232. The monoisotopic (exact) mass is 248 g/mol. The molecule has 96 valence electrons. The van der Waals surface area contributed by atoms with Crippen LogP contribution in [-0.2, 0) is 6.54 Å². The molecule has 0 aliphatic heterocycles. The fourth-order valence-electron chi connectivity index (χ4n) is 1.70. The third kappa shape index (κ3) is 2.87. The van der Waals surface area contributed by atoms with E-state index in [1.807, 2.05) is 6.20 Å². The van der Waals surface area contributed by atoms with Crippen molar-refractivity contribution in [2.24, 2.45) is 0 Å². The van der Waals surface area contributed by atoms with Crippen LogP contribution in [0.3, 0.4) is 0 Å². The van der Waals surface area contributed by atoms with Gasteiger partial charge in [0, 0.05) is 18.1 Å². The molecule has 0 fully saturated rings. The highest BCUT2D eigenvalue weighted by atomic mass is 16.4. The molecule has 0 atom stereocenters. The minimum Gasteiger partial charge on any atom is -0.478 e. The first-order valence-electron chi connectivity index (χ1n) is 5.78. The zero-order chi connectivity index (χ0) is 13.3. The molecule has 0 spiro atoms. The lowest BCUT2D eigenvalue weighted by Gasteiger charge is -2.16. The molecule has 0 amide bonds. The van der Waals surface area contributed by atoms with Gasteiger partial charge in [-0.3, -0.25) is 4.68 Å². The second-order valence-corrected chi connectivity index (χ2v) is 5.03. The van der Waals surface area contributed by atoms with Gasteiger partial charge in [-0.15, -0.1) is 0 Å². The van der Waals surface area contributed by atoms with Crippen LogP contribution in [0.4, 0.5) is 0 Å². The van der Waals surface area contributed by atoms with Crippen LogP contribution in [0.5, 0.6) is 0 Å². The van der Waals surface area contributed by atoms with Crippen LogP contribution >= 0.6 is 0 Å². The number of carbonyl (C=O) groups is 1. The lowest BCUT2D eigenvalue weighted by molar-refractivity contribution is 0.0650. The van der Waals surface area contributed by atoms with Crippen molar-refractivity contribution >= 4 is 16.9 Å². The molecule has 0 saturated heterocycles. The van der Waals surface area contributed by atoms with Gasteiger partial charge >= 0.3 is 5.97 Å². The van der Waals surface area contributed by atoms with Crippen LogP contribution in [0.25, 0.3) is 10.9 Å². The maximum absolute atomic E-state index is 10.8. The van der Waals surface area contributed by atoms with Gasteiger partial charge in [-0.05, 0) is 32.4 Å². The van der Waals surface area contributed by atoms with Crippen LogP contribution in [-0.4, -0.2) is 31.6 Å². The number of aromatic nitrogens is 2. The van der Waals surface area contributed by atoms with Gasteiger partial charge in [0.25, 0.3) is 0 Å². The van der Waals surface area contributed by atoms with E-state index in [9.17, 15) is 9.90 Å². The van der Waals surface area contributed by atoms with Crippen molar-refractivity contribution in [3.63, 3.8) is 0 Å². The molecular formula is C13H16N2O3. The quantitative estimate of drug-likeness (QED) is 0.866. The molecule has 0 bridgehead atoms. The first kappa shape index (κ1) is 12.6. The number of hydrogen-bond acceptors (Lipinski definition) is 3. The van der Waals surface area contributed by atoms with Gasteiger partial charge in [-0.2, -0.15) is 5.10 Å². The third-order valence-electron chi connectivity index (χ3n) is 2.75. The molecule has 18 heavy (non-hydrogen) atoms. The van der Waals surface area contributed by atoms with Crippen molar-refractivity contribution in [1.82, 2.24) is 9.78 Å². The number of benzene rings is 1. The predicted molar refractivity (Wildman–Crippen MR) is 67.6 cm³/mol. The zero-order valence-corrected chi connectivity index (χ0v) is 10.4. The molecule has 2 N–H and O–H groups in total. The van der Waals surface area contributed by atoms with E-state index in [-0.39, 0.29) is 5.56 Å². The van der Waals surface area contributed by atoms with E-state index in [4.69, 9.17) is 5.11 Å². The van der Waals surface area contributed by atoms with Gasteiger partial charge in [0.1, 0.15) is 0 Å². The molecular weight excluding hydrogens is 232 g/mol. The largest absolute Gasteiger partial charge is 0.478 e. The molecule has 5 nitrogen and oxygen atoms in total. The van der Waals surface area contributed by atoms with Crippen LogP contribution in [0.2, 0.25) is 0 Å². The molecule has 2 rings (SSSR count). The number of hydrogen-bond donors (Lipinski definition) is 2. The van der Waals surface area contributed by atoms with E-state index in [2.05, 4.69) is 5.10 Å². The first-order valence-corrected chi connectivity index (χ1v) is 5.78. The molecule has 5 heteroatoms. The average molecular weight is 248 g/mol. The Labute approximate surface area is 105 Å². The summed E-state index contributed by atoms with van der Waals surface area (Å²) in [6.45, 7) is 4.10. The average Bonchev–Trinajstić information content (AvgIpc) is 2.66. The summed E-state index contributed by atoms with van der Waals surface area (Å²) < 4.78 is 1.73. The predicted octanol–water partition coefficient (Wildman–Crippen LogP) is 1.90. The molecule has 1 heterocycles. The van der Waals surface area contributed by atoms with Crippen molar-refractivity contribution < 1.29 is 15.0 Å². The van der Waals surface area contributed by atoms with Crippen molar-refractivity contribution in [3.8, 4) is 0 Å². The molecule has 0 aliphatic carbocycles. The van der Waals surface area contributed by atoms with E-state index in [1.165, 1.54) is 0 Å². The van der Waals surface area contributed by atoms with Crippen LogP contribution < -0.4 is 0 Å². The Morgan fingerprint density at radius 3 is 2.78 bits per heavy atom. The van der Waals surface area contributed by atoms with E-state index in [0.29, 0.717) is 18.5 Å². The summed E-state index contributed by atoms with van der Waals surface area (Å²) >= 11 is 0. The maximum atomic E-state index is 10.8. The van der Waals surface area contributed by atoms with Crippen molar-refractivity contribution in [2.45, 2.75) is 32.4 Å². The fourth-order valence-corrected chi connectivity index (χ4v) is 1.70. The minimum atomic E-state index is -0.956. The number of carboxylic acids is 1. The smallest absolute Gasteiger partial charge is 0.335 e. The maximum Gasteiger partial charge on any atom is 0.335 e. The Morgan fingerprint density at radius 2 is 2.17 bits per heavy atom. The number of nitrogens with zero attached hydrogens (tertiary/aromatic N) is 2. The highest BCUT2D eigenvalue weighted by molar-refractivity contribution is 5.92. The summed E-state index contributed by atoms with van der Waals surface area (Å²) in [5.41, 5.74) is 0.158. The molecule has 1 aromatic heterocycles. The summed E-state index contributed by atoms with van der Waals surface area (Å²) in [7, 11) is 0. The molecule has 0 saturated carbocycles. The lowest BCUT2D eigenvalue weighted by atomic mass is 10.1. The first-order chi connectivity index (χ1) is 8.35. The second-order valence-electron chi connectivity index (χ2n) is 5.03. The van der Waals surface area contributed by atoms with Crippen molar-refractivity contribution in [1.29, 1.82) is 0 Å². The Bertz CT molecular complexity index is 581. The Hall–Kier alpha value is -1.88. The van der Waals surface area contributed by atoms with E-state index in [1.54, 1.807) is 36.7 Å². The van der Waals surface area contributed by atoms with Crippen LogP contribution in [0.1, 0.15) is 30.6 Å². The fraction of sp³-hybridized carbons (Fsp3) is 0.385. The molecule has 0 radical (unpaired) electrons. The SMILES string of the molecule is CC(C)(O)CCn1cc2ccc(C(=O)O)cc2n1. The van der Waals surface area contributed by atoms with Crippen molar-refractivity contribution in [2.75, 3.05) is 0 Å². The topological polar surface area (TPSA) is 75.4 Å².